The van der Waals surface area contributed by atoms with Crippen LogP contribution in [0.25, 0.3) is 0 Å². The van der Waals surface area contributed by atoms with Crippen molar-refractivity contribution in [3.63, 3.8) is 0 Å². The molecule has 0 saturated heterocycles. The van der Waals surface area contributed by atoms with Gasteiger partial charge in [-0.05, 0) is 12.1 Å². The molecule has 0 bridgehead atoms. The zero-order valence-electron chi connectivity index (χ0n) is 6.49. The summed E-state index contributed by atoms with van der Waals surface area (Å²) >= 11 is 0. The Kier molecular flexibility index (Phi) is 4.45. The van der Waals surface area contributed by atoms with Gasteiger partial charge in [0.25, 0.3) is 5.97 Å². The molecule has 66 valence electrons. The van der Waals surface area contributed by atoms with Gasteiger partial charge in [-0.3, -0.25) is 4.79 Å². The standard InChI is InChI=1S/C6H5FO.C2H4O2/c7-5-2-1-3-6(8)4-5;1-2(3)4/h1-4,8H;1H3,(H,3,4). The summed E-state index contributed by atoms with van der Waals surface area (Å²) < 4.78 is 12.0. The summed E-state index contributed by atoms with van der Waals surface area (Å²) in [7, 11) is 0. The molecule has 0 aliphatic rings. The first-order valence-corrected chi connectivity index (χ1v) is 3.16. The van der Waals surface area contributed by atoms with Crippen molar-refractivity contribution in [3.05, 3.63) is 30.1 Å². The highest BCUT2D eigenvalue weighted by molar-refractivity contribution is 5.62. The number of aliphatic carboxylic acids is 1. The maximum absolute atomic E-state index is 12.0. The van der Waals surface area contributed by atoms with Crippen molar-refractivity contribution in [1.82, 2.24) is 0 Å². The molecule has 0 unspecified atom stereocenters. The Morgan fingerprint density at radius 2 is 2.00 bits per heavy atom. The molecule has 0 atom stereocenters. The normalized spacial score (nSPS) is 8.17. The summed E-state index contributed by atoms with van der Waals surface area (Å²) in [5, 5.41) is 16.0. The molecule has 1 rings (SSSR count). The third kappa shape index (κ3) is 6.54. The van der Waals surface area contributed by atoms with E-state index in [4.69, 9.17) is 15.0 Å². The molecule has 0 saturated carbocycles. The predicted octanol–water partition coefficient (Wildman–Crippen LogP) is 1.62. The van der Waals surface area contributed by atoms with Crippen molar-refractivity contribution in [1.29, 1.82) is 0 Å². The number of carboxylic acids is 1. The number of carbonyl (C=O) groups is 1. The quantitative estimate of drug-likeness (QED) is 0.625. The number of phenols is 1. The van der Waals surface area contributed by atoms with E-state index in [2.05, 4.69) is 0 Å². The predicted molar refractivity (Wildman–Crippen MR) is 41.4 cm³/mol. The van der Waals surface area contributed by atoms with Gasteiger partial charge in [0, 0.05) is 13.0 Å². The molecule has 0 fully saturated rings. The first kappa shape index (κ1) is 10.4. The first-order valence-electron chi connectivity index (χ1n) is 3.16. The number of carboxylic acid groups (broad SMARTS) is 1. The summed E-state index contributed by atoms with van der Waals surface area (Å²) in [5.74, 6) is -1.28. The van der Waals surface area contributed by atoms with Gasteiger partial charge in [0.2, 0.25) is 0 Å². The number of halogens is 1. The lowest BCUT2D eigenvalue weighted by Gasteiger charge is -1.86. The summed E-state index contributed by atoms with van der Waals surface area (Å²) in [4.78, 5) is 9.00. The van der Waals surface area contributed by atoms with Crippen LogP contribution in [-0.2, 0) is 4.79 Å². The molecule has 3 nitrogen and oxygen atoms in total. The van der Waals surface area contributed by atoms with Gasteiger partial charge in [0.15, 0.2) is 0 Å². The summed E-state index contributed by atoms with van der Waals surface area (Å²) in [6.07, 6.45) is 0. The number of rotatable bonds is 0. The largest absolute Gasteiger partial charge is 0.508 e. The molecule has 0 aliphatic heterocycles. The molecule has 0 aliphatic carbocycles. The van der Waals surface area contributed by atoms with Gasteiger partial charge in [-0.1, -0.05) is 6.07 Å². The average Bonchev–Trinajstić information content (AvgIpc) is 1.84. The van der Waals surface area contributed by atoms with Crippen LogP contribution in [0.5, 0.6) is 5.75 Å². The minimum atomic E-state index is -0.833. The van der Waals surface area contributed by atoms with Gasteiger partial charge >= 0.3 is 0 Å². The average molecular weight is 172 g/mol. The van der Waals surface area contributed by atoms with Gasteiger partial charge in [-0.2, -0.15) is 0 Å². The molecule has 4 heteroatoms. The van der Waals surface area contributed by atoms with Crippen LogP contribution in [0.4, 0.5) is 4.39 Å². The Morgan fingerprint density at radius 3 is 2.25 bits per heavy atom. The lowest BCUT2D eigenvalue weighted by Crippen LogP contribution is -1.78. The second-order valence-corrected chi connectivity index (χ2v) is 2.00. The second-order valence-electron chi connectivity index (χ2n) is 2.00. The van der Waals surface area contributed by atoms with Crippen LogP contribution in [0.1, 0.15) is 6.92 Å². The van der Waals surface area contributed by atoms with Crippen molar-refractivity contribution in [2.75, 3.05) is 0 Å². The third-order valence-electron chi connectivity index (χ3n) is 0.808. The summed E-state index contributed by atoms with van der Waals surface area (Å²) in [5.41, 5.74) is 0. The number of hydrogen-bond acceptors (Lipinski definition) is 2. The Labute approximate surface area is 69.1 Å². The van der Waals surface area contributed by atoms with E-state index in [-0.39, 0.29) is 5.75 Å². The topological polar surface area (TPSA) is 57.5 Å². The van der Waals surface area contributed by atoms with Gasteiger partial charge in [0.05, 0.1) is 0 Å². The molecule has 1 aromatic carbocycles. The van der Waals surface area contributed by atoms with E-state index in [0.717, 1.165) is 13.0 Å². The molecule has 0 amide bonds. The summed E-state index contributed by atoms with van der Waals surface area (Å²) in [6.45, 7) is 1.08. The number of phenolic OH excluding ortho intramolecular Hbond substituents is 1. The fourth-order valence-corrected chi connectivity index (χ4v) is 0.476. The van der Waals surface area contributed by atoms with Crippen LogP contribution in [0.2, 0.25) is 0 Å². The van der Waals surface area contributed by atoms with Crippen molar-refractivity contribution >= 4 is 5.97 Å². The van der Waals surface area contributed by atoms with E-state index in [0.29, 0.717) is 0 Å². The Balaban J connectivity index is 0.000000261. The Hall–Kier alpha value is -1.58. The number of benzene rings is 1. The van der Waals surface area contributed by atoms with Gasteiger partial charge in [0.1, 0.15) is 11.6 Å². The highest BCUT2D eigenvalue weighted by Crippen LogP contribution is 2.07. The van der Waals surface area contributed by atoms with E-state index in [1.807, 2.05) is 0 Å². The molecule has 0 radical (unpaired) electrons. The van der Waals surface area contributed by atoms with E-state index < -0.39 is 11.8 Å². The minimum absolute atomic E-state index is 0.0370. The lowest BCUT2D eigenvalue weighted by atomic mass is 10.3. The Morgan fingerprint density at radius 1 is 1.50 bits per heavy atom. The van der Waals surface area contributed by atoms with Crippen LogP contribution in [0.3, 0.4) is 0 Å². The van der Waals surface area contributed by atoms with Crippen LogP contribution >= 0.6 is 0 Å². The monoisotopic (exact) mass is 172 g/mol. The fraction of sp³-hybridized carbons (Fsp3) is 0.125. The molecular formula is C8H9FO3. The molecule has 2 N–H and O–H groups in total. The highest BCUT2D eigenvalue weighted by Gasteiger charge is 1.86. The Bertz CT molecular complexity index is 239. The van der Waals surface area contributed by atoms with Crippen LogP contribution < -0.4 is 0 Å². The number of aromatic hydroxyl groups is 1. The van der Waals surface area contributed by atoms with Crippen LogP contribution in [0, 0.1) is 5.82 Å². The van der Waals surface area contributed by atoms with E-state index in [1.165, 1.54) is 18.2 Å². The molecular weight excluding hydrogens is 163 g/mol. The molecule has 1 aromatic rings. The van der Waals surface area contributed by atoms with Crippen molar-refractivity contribution in [2.45, 2.75) is 6.92 Å². The van der Waals surface area contributed by atoms with Crippen LogP contribution in [-0.4, -0.2) is 16.2 Å². The molecule has 0 heterocycles. The SMILES string of the molecule is CC(=O)O.Oc1cccc(F)c1. The van der Waals surface area contributed by atoms with Gasteiger partial charge in [-0.15, -0.1) is 0 Å². The van der Waals surface area contributed by atoms with Crippen molar-refractivity contribution in [2.24, 2.45) is 0 Å². The second kappa shape index (κ2) is 5.12. The van der Waals surface area contributed by atoms with Gasteiger partial charge < -0.3 is 10.2 Å². The van der Waals surface area contributed by atoms with E-state index >= 15 is 0 Å². The zero-order chi connectivity index (χ0) is 9.56. The van der Waals surface area contributed by atoms with Gasteiger partial charge in [-0.25, -0.2) is 4.39 Å². The maximum atomic E-state index is 12.0. The van der Waals surface area contributed by atoms with Crippen molar-refractivity contribution < 1.29 is 19.4 Å². The van der Waals surface area contributed by atoms with E-state index in [9.17, 15) is 4.39 Å². The van der Waals surface area contributed by atoms with E-state index in [1.54, 1.807) is 0 Å². The third-order valence-corrected chi connectivity index (χ3v) is 0.808. The fourth-order valence-electron chi connectivity index (χ4n) is 0.476. The molecule has 0 spiro atoms. The summed E-state index contributed by atoms with van der Waals surface area (Å²) in [6, 6.07) is 5.20. The zero-order valence-corrected chi connectivity index (χ0v) is 6.49. The molecule has 0 aromatic heterocycles. The highest BCUT2D eigenvalue weighted by atomic mass is 19.1. The van der Waals surface area contributed by atoms with Crippen LogP contribution in [0.15, 0.2) is 24.3 Å². The van der Waals surface area contributed by atoms with Crippen molar-refractivity contribution in [3.8, 4) is 5.75 Å². The number of hydrogen-bond donors (Lipinski definition) is 2. The maximum Gasteiger partial charge on any atom is 0.300 e. The minimum Gasteiger partial charge on any atom is -0.508 e. The lowest BCUT2D eigenvalue weighted by molar-refractivity contribution is -0.134. The first-order chi connectivity index (χ1) is 5.52. The molecule has 12 heavy (non-hydrogen) atoms. The smallest absolute Gasteiger partial charge is 0.300 e.